The maximum Gasteiger partial charge on any atom is 0.382 e. The summed E-state index contributed by atoms with van der Waals surface area (Å²) in [5, 5.41) is 4.20. The van der Waals surface area contributed by atoms with Crippen LogP contribution in [-0.2, 0) is 20.7 Å². The van der Waals surface area contributed by atoms with Crippen LogP contribution >= 0.6 is 30.8 Å². The van der Waals surface area contributed by atoms with E-state index in [1.165, 1.54) is 11.8 Å². The van der Waals surface area contributed by atoms with Crippen molar-refractivity contribution in [3.8, 4) is 0 Å². The van der Waals surface area contributed by atoms with Gasteiger partial charge in [-0.2, -0.15) is 5.10 Å². The highest BCUT2D eigenvalue weighted by Gasteiger charge is 2.33. The number of nitrogens with zero attached hydrogens (tertiary/aromatic N) is 2. The molecule has 15 heavy (non-hydrogen) atoms. The van der Waals surface area contributed by atoms with E-state index in [-0.39, 0.29) is 22.2 Å². The van der Waals surface area contributed by atoms with Crippen LogP contribution in [-0.4, -0.2) is 23.5 Å². The van der Waals surface area contributed by atoms with Crippen molar-refractivity contribution in [2.75, 3.05) is 13.7 Å². The van der Waals surface area contributed by atoms with E-state index in [0.717, 1.165) is 0 Å². The SMILES string of the molecule is CCOP(=O)(OC)c1nn(C)c(Cl)c1Cl. The van der Waals surface area contributed by atoms with Crippen molar-refractivity contribution < 1.29 is 13.6 Å². The molecule has 0 fully saturated rings. The molecule has 0 amide bonds. The summed E-state index contributed by atoms with van der Waals surface area (Å²) in [5.41, 5.74) is 0.0426. The van der Waals surface area contributed by atoms with Gasteiger partial charge in [0.25, 0.3) is 0 Å². The molecule has 1 unspecified atom stereocenters. The third-order valence-corrected chi connectivity index (χ3v) is 4.64. The number of aryl methyl sites for hydroxylation is 1. The van der Waals surface area contributed by atoms with Crippen LogP contribution in [0.1, 0.15) is 6.92 Å². The first-order chi connectivity index (χ1) is 6.96. The van der Waals surface area contributed by atoms with Crippen LogP contribution in [0.25, 0.3) is 0 Å². The summed E-state index contributed by atoms with van der Waals surface area (Å²) in [6.45, 7) is 1.93. The molecular weight excluding hydrogens is 262 g/mol. The second-order valence-corrected chi connectivity index (χ2v) is 5.43. The standard InChI is InChI=1S/C7H11Cl2N2O3P/c1-4-14-15(12,13-3)7-5(8)6(9)11(2)10-7/h4H2,1-3H3. The highest BCUT2D eigenvalue weighted by Crippen LogP contribution is 2.48. The Morgan fingerprint density at radius 3 is 2.47 bits per heavy atom. The highest BCUT2D eigenvalue weighted by molar-refractivity contribution is 7.62. The van der Waals surface area contributed by atoms with Crippen molar-refractivity contribution in [2.45, 2.75) is 6.92 Å². The Labute approximate surface area is 97.8 Å². The summed E-state index contributed by atoms with van der Waals surface area (Å²) in [7, 11) is -0.585. The van der Waals surface area contributed by atoms with Crippen molar-refractivity contribution in [1.29, 1.82) is 0 Å². The van der Waals surface area contributed by atoms with E-state index in [1.807, 2.05) is 0 Å². The van der Waals surface area contributed by atoms with Crippen LogP contribution in [0.2, 0.25) is 10.2 Å². The quantitative estimate of drug-likeness (QED) is 0.789. The van der Waals surface area contributed by atoms with Gasteiger partial charge in [-0.1, -0.05) is 23.2 Å². The summed E-state index contributed by atoms with van der Waals surface area (Å²) in [6.07, 6.45) is 0. The minimum Gasteiger partial charge on any atom is -0.307 e. The molecule has 8 heteroatoms. The molecule has 0 aliphatic carbocycles. The van der Waals surface area contributed by atoms with Gasteiger partial charge in [0, 0.05) is 14.2 Å². The lowest BCUT2D eigenvalue weighted by Crippen LogP contribution is -2.12. The van der Waals surface area contributed by atoms with Gasteiger partial charge in [0.2, 0.25) is 0 Å². The minimum absolute atomic E-state index is 0.0426. The molecule has 5 nitrogen and oxygen atoms in total. The first-order valence-corrected chi connectivity index (χ1v) is 6.45. The van der Waals surface area contributed by atoms with Gasteiger partial charge in [0.15, 0.2) is 5.44 Å². The van der Waals surface area contributed by atoms with Crippen molar-refractivity contribution in [3.63, 3.8) is 0 Å². The highest BCUT2D eigenvalue weighted by atomic mass is 35.5. The van der Waals surface area contributed by atoms with Crippen molar-refractivity contribution in [1.82, 2.24) is 9.78 Å². The van der Waals surface area contributed by atoms with Gasteiger partial charge < -0.3 is 9.05 Å². The molecule has 0 saturated heterocycles. The molecule has 0 aromatic carbocycles. The second kappa shape index (κ2) is 4.85. The van der Waals surface area contributed by atoms with E-state index in [9.17, 15) is 4.57 Å². The van der Waals surface area contributed by atoms with Crippen LogP contribution in [0, 0.1) is 0 Å². The molecule has 1 heterocycles. The molecule has 0 bridgehead atoms. The number of aromatic nitrogens is 2. The molecule has 1 atom stereocenters. The monoisotopic (exact) mass is 272 g/mol. The lowest BCUT2D eigenvalue weighted by Gasteiger charge is -2.12. The lowest BCUT2D eigenvalue weighted by atomic mass is 10.7. The summed E-state index contributed by atoms with van der Waals surface area (Å²) in [6, 6.07) is 0. The Morgan fingerprint density at radius 1 is 1.53 bits per heavy atom. The van der Waals surface area contributed by atoms with Gasteiger partial charge in [-0.05, 0) is 6.92 Å². The molecule has 86 valence electrons. The second-order valence-electron chi connectivity index (χ2n) is 2.65. The fourth-order valence-electron chi connectivity index (χ4n) is 1.01. The minimum atomic E-state index is -3.44. The molecule has 1 rings (SSSR count). The number of halogens is 2. The molecule has 0 aliphatic rings. The van der Waals surface area contributed by atoms with Crippen molar-refractivity contribution >= 4 is 36.2 Å². The Morgan fingerprint density at radius 2 is 2.13 bits per heavy atom. The molecule has 0 spiro atoms. The van der Waals surface area contributed by atoms with Crippen LogP contribution in [0.4, 0.5) is 0 Å². The summed E-state index contributed by atoms with van der Waals surface area (Å²) in [4.78, 5) is 0. The van der Waals surface area contributed by atoms with Crippen molar-refractivity contribution in [3.05, 3.63) is 10.2 Å². The zero-order valence-electron chi connectivity index (χ0n) is 8.53. The number of rotatable bonds is 4. The zero-order valence-corrected chi connectivity index (χ0v) is 10.9. The lowest BCUT2D eigenvalue weighted by molar-refractivity contribution is 0.254. The van der Waals surface area contributed by atoms with Crippen LogP contribution in [0.15, 0.2) is 0 Å². The maximum absolute atomic E-state index is 12.1. The molecular formula is C7H11Cl2N2O3P. The molecule has 1 aromatic rings. The average Bonchev–Trinajstić information content (AvgIpc) is 2.47. The smallest absolute Gasteiger partial charge is 0.307 e. The average molecular weight is 273 g/mol. The largest absolute Gasteiger partial charge is 0.382 e. The van der Waals surface area contributed by atoms with Gasteiger partial charge >= 0.3 is 7.60 Å². The first kappa shape index (κ1) is 13.0. The molecule has 1 aromatic heterocycles. The Bertz CT molecular complexity index is 407. The first-order valence-electron chi connectivity index (χ1n) is 4.15. The molecule has 0 saturated carbocycles. The van der Waals surface area contributed by atoms with Gasteiger partial charge in [-0.15, -0.1) is 0 Å². The van der Waals surface area contributed by atoms with E-state index < -0.39 is 7.60 Å². The van der Waals surface area contributed by atoms with Gasteiger partial charge in [0.1, 0.15) is 10.2 Å². The van der Waals surface area contributed by atoms with Crippen LogP contribution in [0.3, 0.4) is 0 Å². The van der Waals surface area contributed by atoms with E-state index in [1.54, 1.807) is 14.0 Å². The summed E-state index contributed by atoms with van der Waals surface area (Å²) in [5.74, 6) is 0. The van der Waals surface area contributed by atoms with Crippen LogP contribution in [0.5, 0.6) is 0 Å². The van der Waals surface area contributed by atoms with Gasteiger partial charge in [-0.25, -0.2) is 0 Å². The van der Waals surface area contributed by atoms with E-state index >= 15 is 0 Å². The molecule has 0 aliphatic heterocycles. The fraction of sp³-hybridized carbons (Fsp3) is 0.571. The van der Waals surface area contributed by atoms with Crippen molar-refractivity contribution in [2.24, 2.45) is 7.05 Å². The third-order valence-electron chi connectivity index (χ3n) is 1.71. The van der Waals surface area contributed by atoms with E-state index in [0.29, 0.717) is 0 Å². The normalized spacial score (nSPS) is 15.3. The number of hydrogen-bond acceptors (Lipinski definition) is 4. The fourth-order valence-corrected chi connectivity index (χ4v) is 3.00. The molecule has 0 N–H and O–H groups in total. The zero-order chi connectivity index (χ0) is 11.6. The van der Waals surface area contributed by atoms with E-state index in [4.69, 9.17) is 32.2 Å². The predicted octanol–water partition coefficient (Wildman–Crippen LogP) is 2.23. The number of hydrogen-bond donors (Lipinski definition) is 0. The topological polar surface area (TPSA) is 53.4 Å². The Balaban J connectivity index is 3.24. The maximum atomic E-state index is 12.1. The van der Waals surface area contributed by atoms with Gasteiger partial charge in [0.05, 0.1) is 6.61 Å². The summed E-state index contributed by atoms with van der Waals surface area (Å²) >= 11 is 11.7. The predicted molar refractivity (Wildman–Crippen MR) is 59.1 cm³/mol. The van der Waals surface area contributed by atoms with E-state index in [2.05, 4.69) is 5.10 Å². The molecule has 0 radical (unpaired) electrons. The van der Waals surface area contributed by atoms with Crippen LogP contribution < -0.4 is 5.44 Å². The Hall–Kier alpha value is -0.0600. The summed E-state index contributed by atoms with van der Waals surface area (Å²) < 4.78 is 23.3. The third kappa shape index (κ3) is 2.37. The Kier molecular flexibility index (Phi) is 4.20. The van der Waals surface area contributed by atoms with Gasteiger partial charge in [-0.3, -0.25) is 9.25 Å².